The van der Waals surface area contributed by atoms with Crippen LogP contribution in [0.4, 0.5) is 4.79 Å². The fourth-order valence-corrected chi connectivity index (χ4v) is 5.19. The van der Waals surface area contributed by atoms with Crippen molar-refractivity contribution in [2.24, 2.45) is 0 Å². The number of hydrogen-bond donors (Lipinski definition) is 2. The van der Waals surface area contributed by atoms with Gasteiger partial charge in [-0.05, 0) is 30.7 Å². The van der Waals surface area contributed by atoms with Gasteiger partial charge in [0.1, 0.15) is 0 Å². The van der Waals surface area contributed by atoms with E-state index in [1.807, 2.05) is 18.2 Å². The molecule has 2 amide bonds. The Morgan fingerprint density at radius 3 is 2.46 bits per heavy atom. The summed E-state index contributed by atoms with van der Waals surface area (Å²) in [6.07, 6.45) is 0. The van der Waals surface area contributed by atoms with E-state index < -0.39 is 18.0 Å². The molecule has 1 atom stereocenters. The van der Waals surface area contributed by atoms with Crippen molar-refractivity contribution < 1.29 is 33.3 Å². The van der Waals surface area contributed by atoms with E-state index in [1.165, 1.54) is 12.7 Å². The highest BCUT2D eigenvalue weighted by atomic mass is 16.7. The first-order valence-corrected chi connectivity index (χ1v) is 13.0. The molecule has 2 aromatic carbocycles. The summed E-state index contributed by atoms with van der Waals surface area (Å²) >= 11 is 0. The number of nitrogens with zero attached hydrogens (tertiary/aromatic N) is 2. The zero-order chi connectivity index (χ0) is 27.4. The van der Waals surface area contributed by atoms with E-state index in [9.17, 15) is 9.59 Å². The Morgan fingerprint density at radius 1 is 1.00 bits per heavy atom. The molecule has 2 N–H and O–H groups in total. The van der Waals surface area contributed by atoms with Crippen LogP contribution in [0.2, 0.25) is 0 Å². The number of nitrogens with one attached hydrogen (secondary N) is 2. The fourth-order valence-electron chi connectivity index (χ4n) is 5.19. The van der Waals surface area contributed by atoms with Crippen LogP contribution < -0.4 is 29.6 Å². The maximum absolute atomic E-state index is 13.2. The van der Waals surface area contributed by atoms with Gasteiger partial charge in [0.15, 0.2) is 23.0 Å². The van der Waals surface area contributed by atoms with E-state index in [0.717, 1.165) is 44.2 Å². The van der Waals surface area contributed by atoms with Gasteiger partial charge in [0.25, 0.3) is 0 Å². The Balaban J connectivity index is 1.33. The molecule has 3 aliphatic heterocycles. The molecule has 5 rings (SSSR count). The lowest BCUT2D eigenvalue weighted by molar-refractivity contribution is -0.139. The number of para-hydroxylation sites is 1. The van der Waals surface area contributed by atoms with Gasteiger partial charge in [0.05, 0.1) is 32.4 Å². The van der Waals surface area contributed by atoms with Gasteiger partial charge in [-0.2, -0.15) is 0 Å². The minimum absolute atomic E-state index is 0.212. The van der Waals surface area contributed by atoms with Crippen LogP contribution in [0.5, 0.6) is 23.0 Å². The molecule has 39 heavy (non-hydrogen) atoms. The van der Waals surface area contributed by atoms with Crippen LogP contribution in [0, 0.1) is 0 Å². The van der Waals surface area contributed by atoms with E-state index in [0.29, 0.717) is 34.9 Å². The monoisotopic (exact) mass is 538 g/mol. The molecule has 11 nitrogen and oxygen atoms in total. The van der Waals surface area contributed by atoms with Crippen LogP contribution in [-0.4, -0.2) is 82.1 Å². The van der Waals surface area contributed by atoms with E-state index in [4.69, 9.17) is 23.7 Å². The Hall–Kier alpha value is -3.96. The molecule has 0 aliphatic carbocycles. The number of fused-ring (bicyclic) bond motifs is 1. The summed E-state index contributed by atoms with van der Waals surface area (Å²) in [6, 6.07) is 10.3. The van der Waals surface area contributed by atoms with Crippen LogP contribution in [0.15, 0.2) is 47.7 Å². The minimum Gasteiger partial charge on any atom is -0.493 e. The molecule has 0 radical (unpaired) electrons. The number of piperazine rings is 1. The Bertz CT molecular complexity index is 1260. The minimum atomic E-state index is -0.759. The third kappa shape index (κ3) is 5.74. The van der Waals surface area contributed by atoms with Crippen molar-refractivity contribution in [3.8, 4) is 23.0 Å². The van der Waals surface area contributed by atoms with Gasteiger partial charge in [0.2, 0.25) is 6.79 Å². The Morgan fingerprint density at radius 2 is 1.74 bits per heavy atom. The topological polar surface area (TPSA) is 111 Å². The SMILES string of the molecule is CCOC(=O)C1=C(CN2CCN(Cc3ccc4c(c3)OCO4)CC2)NC(=O)N[C@H]1c1cccc(OC)c1OC. The number of hydrogen-bond acceptors (Lipinski definition) is 9. The molecule has 0 unspecified atom stereocenters. The first-order valence-electron chi connectivity index (χ1n) is 13.0. The lowest BCUT2D eigenvalue weighted by atomic mass is 9.93. The molecule has 1 fully saturated rings. The number of amides is 2. The van der Waals surface area contributed by atoms with Gasteiger partial charge in [-0.25, -0.2) is 9.59 Å². The molecular formula is C28H34N4O7. The molecule has 0 bridgehead atoms. The molecule has 2 aromatic rings. The standard InChI is InChI=1S/C28H34N4O7/c1-4-37-27(33)24-20(29-28(34)30-25(24)19-6-5-7-22(35-2)26(19)36-3)16-32-12-10-31(11-13-32)15-18-8-9-21-23(14-18)39-17-38-21/h5-9,14,25H,4,10-13,15-17H2,1-3H3,(H2,29,30,34)/t25-/m0/s1. The molecule has 11 heteroatoms. The number of carbonyl (C=O) groups is 2. The van der Waals surface area contributed by atoms with Gasteiger partial charge >= 0.3 is 12.0 Å². The average molecular weight is 539 g/mol. The molecular weight excluding hydrogens is 504 g/mol. The highest BCUT2D eigenvalue weighted by Crippen LogP contribution is 2.39. The predicted octanol–water partition coefficient (Wildman–Crippen LogP) is 2.42. The van der Waals surface area contributed by atoms with Crippen molar-refractivity contribution in [1.29, 1.82) is 0 Å². The second-order valence-electron chi connectivity index (χ2n) is 9.47. The van der Waals surface area contributed by atoms with Gasteiger partial charge in [-0.3, -0.25) is 9.80 Å². The number of carbonyl (C=O) groups excluding carboxylic acids is 2. The van der Waals surface area contributed by atoms with Gasteiger partial charge < -0.3 is 34.3 Å². The van der Waals surface area contributed by atoms with Crippen molar-refractivity contribution in [2.45, 2.75) is 19.5 Å². The maximum atomic E-state index is 13.2. The molecule has 3 heterocycles. The Labute approximate surface area is 227 Å². The summed E-state index contributed by atoms with van der Waals surface area (Å²) in [5.74, 6) is 2.03. The summed E-state index contributed by atoms with van der Waals surface area (Å²) < 4.78 is 27.4. The van der Waals surface area contributed by atoms with Crippen LogP contribution in [-0.2, 0) is 16.1 Å². The molecule has 0 saturated carbocycles. The van der Waals surface area contributed by atoms with E-state index in [2.05, 4.69) is 26.5 Å². The second kappa shape index (κ2) is 11.8. The first-order chi connectivity index (χ1) is 19.0. The quantitative estimate of drug-likeness (QED) is 0.465. The normalized spacial score (nSPS) is 19.4. The third-order valence-corrected chi connectivity index (χ3v) is 7.08. The smallest absolute Gasteiger partial charge is 0.338 e. The van der Waals surface area contributed by atoms with Gasteiger partial charge in [-0.1, -0.05) is 18.2 Å². The lowest BCUT2D eigenvalue weighted by Crippen LogP contribution is -2.51. The van der Waals surface area contributed by atoms with Crippen molar-refractivity contribution in [3.05, 3.63) is 58.8 Å². The van der Waals surface area contributed by atoms with Gasteiger partial charge in [-0.15, -0.1) is 0 Å². The average Bonchev–Trinajstić information content (AvgIpc) is 3.41. The zero-order valence-electron chi connectivity index (χ0n) is 22.5. The van der Waals surface area contributed by atoms with Crippen LogP contribution in [0.3, 0.4) is 0 Å². The van der Waals surface area contributed by atoms with Crippen molar-refractivity contribution in [1.82, 2.24) is 20.4 Å². The highest BCUT2D eigenvalue weighted by Gasteiger charge is 2.36. The molecule has 208 valence electrons. The molecule has 1 saturated heterocycles. The third-order valence-electron chi connectivity index (χ3n) is 7.08. The van der Waals surface area contributed by atoms with Crippen molar-refractivity contribution >= 4 is 12.0 Å². The van der Waals surface area contributed by atoms with Crippen LogP contribution in [0.1, 0.15) is 24.1 Å². The van der Waals surface area contributed by atoms with E-state index in [1.54, 1.807) is 26.2 Å². The van der Waals surface area contributed by atoms with Crippen molar-refractivity contribution in [3.63, 3.8) is 0 Å². The summed E-state index contributed by atoms with van der Waals surface area (Å²) in [4.78, 5) is 30.6. The number of esters is 1. The number of ether oxygens (including phenoxy) is 5. The second-order valence-corrected chi connectivity index (χ2v) is 9.47. The number of rotatable bonds is 9. The van der Waals surface area contributed by atoms with Crippen molar-refractivity contribution in [2.75, 3.05) is 60.3 Å². The Kier molecular flexibility index (Phi) is 8.08. The highest BCUT2D eigenvalue weighted by molar-refractivity contribution is 5.95. The van der Waals surface area contributed by atoms with Crippen LogP contribution in [0.25, 0.3) is 0 Å². The molecule has 0 aromatic heterocycles. The lowest BCUT2D eigenvalue weighted by Gasteiger charge is -2.37. The van der Waals surface area contributed by atoms with Crippen LogP contribution >= 0.6 is 0 Å². The zero-order valence-corrected chi connectivity index (χ0v) is 22.5. The summed E-state index contributed by atoms with van der Waals surface area (Å²) in [5.41, 5.74) is 2.66. The fraction of sp³-hybridized carbons (Fsp3) is 0.429. The van der Waals surface area contributed by atoms with E-state index in [-0.39, 0.29) is 13.4 Å². The summed E-state index contributed by atoms with van der Waals surface area (Å²) in [5, 5.41) is 5.75. The first kappa shape index (κ1) is 26.6. The number of urea groups is 1. The number of methoxy groups -OCH3 is 2. The molecule has 3 aliphatic rings. The predicted molar refractivity (Wildman–Crippen MR) is 142 cm³/mol. The summed E-state index contributed by atoms with van der Waals surface area (Å²) in [6.45, 7) is 6.69. The maximum Gasteiger partial charge on any atom is 0.338 e. The summed E-state index contributed by atoms with van der Waals surface area (Å²) in [7, 11) is 3.07. The largest absolute Gasteiger partial charge is 0.493 e. The van der Waals surface area contributed by atoms with E-state index >= 15 is 0 Å². The number of benzene rings is 2. The van der Waals surface area contributed by atoms with Gasteiger partial charge in [0, 0.05) is 50.5 Å². The molecule has 0 spiro atoms.